The number of nitrogens with zero attached hydrogens (tertiary/aromatic N) is 1. The maximum absolute atomic E-state index is 2.25. The molecule has 0 N–H and O–H groups in total. The molecule has 0 aromatic rings. The van der Waals surface area contributed by atoms with Gasteiger partial charge in [0.25, 0.3) is 0 Å². The topological polar surface area (TPSA) is 3.01 Å². The van der Waals surface area contributed by atoms with Crippen LogP contribution < -0.4 is 0 Å². The van der Waals surface area contributed by atoms with Gasteiger partial charge in [-0.15, -0.1) is 0 Å². The van der Waals surface area contributed by atoms with E-state index in [1.165, 1.54) is 18.6 Å². The molecular formula is C11H22N+. The second-order valence-electron chi connectivity index (χ2n) is 3.25. The van der Waals surface area contributed by atoms with E-state index in [-0.39, 0.29) is 0 Å². The summed E-state index contributed by atoms with van der Waals surface area (Å²) in [5.74, 6) is 0.742. The molecule has 0 aromatic carbocycles. The lowest BCUT2D eigenvalue weighted by molar-refractivity contribution is -0.425. The fraction of sp³-hybridized carbons (Fsp3) is 0.727. The average Bonchev–Trinajstić information content (AvgIpc) is 2.07. The van der Waals surface area contributed by atoms with Crippen LogP contribution in [0.3, 0.4) is 0 Å². The zero-order chi connectivity index (χ0) is 9.56. The van der Waals surface area contributed by atoms with Gasteiger partial charge >= 0.3 is 0 Å². The summed E-state index contributed by atoms with van der Waals surface area (Å²) >= 11 is 0. The van der Waals surface area contributed by atoms with Gasteiger partial charge in [0, 0.05) is 12.8 Å². The van der Waals surface area contributed by atoms with Crippen molar-refractivity contribution in [1.29, 1.82) is 0 Å². The summed E-state index contributed by atoms with van der Waals surface area (Å²) in [7, 11) is 2.12. The Balaban J connectivity index is 4.49. The lowest BCUT2D eigenvalue weighted by Crippen LogP contribution is -2.18. The van der Waals surface area contributed by atoms with Crippen LogP contribution in [0.4, 0.5) is 0 Å². The van der Waals surface area contributed by atoms with E-state index in [1.807, 2.05) is 0 Å². The molecule has 0 heterocycles. The summed E-state index contributed by atoms with van der Waals surface area (Å²) in [4.78, 5) is 0. The highest BCUT2D eigenvalue weighted by Gasteiger charge is 2.13. The lowest BCUT2D eigenvalue weighted by atomic mass is 9.98. The fourth-order valence-electron chi connectivity index (χ4n) is 1.51. The van der Waals surface area contributed by atoms with E-state index in [0.29, 0.717) is 0 Å². The molecule has 0 atom stereocenters. The summed E-state index contributed by atoms with van der Waals surface area (Å²) in [6.45, 7) is 8.77. The van der Waals surface area contributed by atoms with Crippen molar-refractivity contribution in [1.82, 2.24) is 0 Å². The van der Waals surface area contributed by atoms with Crippen LogP contribution >= 0.6 is 0 Å². The maximum atomic E-state index is 2.25. The summed E-state index contributed by atoms with van der Waals surface area (Å²) in [6.07, 6.45) is 6.67. The molecule has 1 nitrogen and oxygen atoms in total. The van der Waals surface area contributed by atoms with Crippen molar-refractivity contribution in [3.05, 3.63) is 12.3 Å². The van der Waals surface area contributed by atoms with Gasteiger partial charge in [0.15, 0.2) is 11.9 Å². The molecule has 0 fully saturated rings. The third-order valence-electron chi connectivity index (χ3n) is 2.51. The SMILES string of the molecule is CC=C[N+](C)=C(C)C(CC)CC. The molecule has 0 saturated carbocycles. The second kappa shape index (κ2) is 5.99. The quantitative estimate of drug-likeness (QED) is 0.448. The Hall–Kier alpha value is -0.590. The number of allylic oxidation sites excluding steroid dienone is 1. The van der Waals surface area contributed by atoms with Crippen LogP contribution in [0.15, 0.2) is 12.3 Å². The van der Waals surface area contributed by atoms with Crippen LogP contribution in [0.25, 0.3) is 0 Å². The minimum absolute atomic E-state index is 0.742. The van der Waals surface area contributed by atoms with Crippen molar-refractivity contribution in [2.75, 3.05) is 7.05 Å². The van der Waals surface area contributed by atoms with Gasteiger partial charge in [-0.3, -0.25) is 0 Å². The average molecular weight is 168 g/mol. The minimum atomic E-state index is 0.742. The lowest BCUT2D eigenvalue weighted by Gasteiger charge is -2.08. The van der Waals surface area contributed by atoms with Crippen molar-refractivity contribution >= 4 is 5.71 Å². The Morgan fingerprint density at radius 1 is 1.33 bits per heavy atom. The Morgan fingerprint density at radius 2 is 1.83 bits per heavy atom. The van der Waals surface area contributed by atoms with Crippen LogP contribution in [-0.2, 0) is 0 Å². The molecular weight excluding hydrogens is 146 g/mol. The molecule has 70 valence electrons. The molecule has 0 aliphatic rings. The standard InChI is InChI=1S/C11H22N/c1-6-9-12(5)10(4)11(7-2)8-3/h6,9,11H,7-8H2,1-5H3/q+1. The highest BCUT2D eigenvalue weighted by molar-refractivity contribution is 5.79. The molecule has 0 unspecified atom stereocenters. The summed E-state index contributed by atoms with van der Waals surface area (Å²) < 4.78 is 2.22. The third-order valence-corrected chi connectivity index (χ3v) is 2.51. The molecule has 0 aromatic heterocycles. The predicted molar refractivity (Wildman–Crippen MR) is 55.8 cm³/mol. The van der Waals surface area contributed by atoms with E-state index >= 15 is 0 Å². The van der Waals surface area contributed by atoms with E-state index in [4.69, 9.17) is 0 Å². The zero-order valence-electron chi connectivity index (χ0n) is 9.09. The van der Waals surface area contributed by atoms with Gasteiger partial charge in [-0.1, -0.05) is 13.8 Å². The summed E-state index contributed by atoms with van der Waals surface area (Å²) in [6, 6.07) is 0. The summed E-state index contributed by atoms with van der Waals surface area (Å²) in [5, 5.41) is 0. The number of rotatable bonds is 4. The Kier molecular flexibility index (Phi) is 5.69. The first-order valence-corrected chi connectivity index (χ1v) is 4.86. The third kappa shape index (κ3) is 3.21. The van der Waals surface area contributed by atoms with E-state index in [0.717, 1.165) is 5.92 Å². The van der Waals surface area contributed by atoms with Crippen molar-refractivity contribution in [3.63, 3.8) is 0 Å². The predicted octanol–water partition coefficient (Wildman–Crippen LogP) is 3.06. The number of hydrogen-bond acceptors (Lipinski definition) is 0. The molecule has 0 bridgehead atoms. The van der Waals surface area contributed by atoms with E-state index < -0.39 is 0 Å². The summed E-state index contributed by atoms with van der Waals surface area (Å²) in [5.41, 5.74) is 1.47. The second-order valence-corrected chi connectivity index (χ2v) is 3.25. The Bertz CT molecular complexity index is 173. The smallest absolute Gasteiger partial charge is 0.164 e. The van der Waals surface area contributed by atoms with Crippen LogP contribution in [0.1, 0.15) is 40.5 Å². The van der Waals surface area contributed by atoms with Crippen LogP contribution in [0.5, 0.6) is 0 Å². The molecule has 0 aliphatic carbocycles. The molecule has 0 saturated heterocycles. The minimum Gasteiger partial charge on any atom is -0.209 e. The highest BCUT2D eigenvalue weighted by Crippen LogP contribution is 2.09. The van der Waals surface area contributed by atoms with E-state index in [2.05, 4.69) is 51.6 Å². The Labute approximate surface area is 76.8 Å². The van der Waals surface area contributed by atoms with Gasteiger partial charge in [0.1, 0.15) is 7.05 Å². The van der Waals surface area contributed by atoms with Crippen molar-refractivity contribution in [2.24, 2.45) is 5.92 Å². The largest absolute Gasteiger partial charge is 0.209 e. The van der Waals surface area contributed by atoms with Gasteiger partial charge in [-0.25, -0.2) is 4.58 Å². The Morgan fingerprint density at radius 3 is 2.17 bits per heavy atom. The first kappa shape index (κ1) is 11.4. The zero-order valence-corrected chi connectivity index (χ0v) is 9.09. The van der Waals surface area contributed by atoms with Crippen molar-refractivity contribution in [2.45, 2.75) is 40.5 Å². The van der Waals surface area contributed by atoms with Gasteiger partial charge < -0.3 is 0 Å². The number of hydrogen-bond donors (Lipinski definition) is 0. The maximum Gasteiger partial charge on any atom is 0.164 e. The molecule has 0 rings (SSSR count). The molecule has 1 heteroatoms. The van der Waals surface area contributed by atoms with Crippen molar-refractivity contribution in [3.8, 4) is 0 Å². The highest BCUT2D eigenvalue weighted by atomic mass is 14.9. The monoisotopic (exact) mass is 168 g/mol. The van der Waals surface area contributed by atoms with Gasteiger partial charge in [-0.05, 0) is 25.8 Å². The fourth-order valence-corrected chi connectivity index (χ4v) is 1.51. The molecule has 0 spiro atoms. The van der Waals surface area contributed by atoms with Crippen molar-refractivity contribution < 1.29 is 4.58 Å². The first-order chi connectivity index (χ1) is 5.67. The molecule has 0 aliphatic heterocycles. The van der Waals surface area contributed by atoms with Crippen LogP contribution in [0, 0.1) is 5.92 Å². The molecule has 12 heavy (non-hydrogen) atoms. The molecule has 0 radical (unpaired) electrons. The van der Waals surface area contributed by atoms with Gasteiger partial charge in [0.2, 0.25) is 0 Å². The normalized spacial score (nSPS) is 14.2. The molecule has 0 amide bonds. The van der Waals surface area contributed by atoms with E-state index in [1.54, 1.807) is 0 Å². The van der Waals surface area contributed by atoms with Crippen LogP contribution in [-0.4, -0.2) is 17.3 Å². The first-order valence-electron chi connectivity index (χ1n) is 4.86. The van der Waals surface area contributed by atoms with E-state index in [9.17, 15) is 0 Å². The van der Waals surface area contributed by atoms with Gasteiger partial charge in [-0.2, -0.15) is 0 Å². The van der Waals surface area contributed by atoms with Gasteiger partial charge in [0.05, 0.1) is 0 Å². The van der Waals surface area contributed by atoms with Crippen LogP contribution in [0.2, 0.25) is 0 Å².